The quantitative estimate of drug-likeness (QED) is 0.597. The van der Waals surface area contributed by atoms with Crippen LogP contribution >= 0.6 is 0 Å². The lowest BCUT2D eigenvalue weighted by molar-refractivity contribution is -0.139. The number of carboxylic acid groups (broad SMARTS) is 1. The van der Waals surface area contributed by atoms with Gasteiger partial charge >= 0.3 is 5.97 Å². The predicted molar refractivity (Wildman–Crippen MR) is 32.2 cm³/mol. The second-order valence-electron chi connectivity index (χ2n) is 3.20. The Hall–Kier alpha value is -0.600. The Balaban J connectivity index is 2.05. The van der Waals surface area contributed by atoms with Crippen molar-refractivity contribution in [2.75, 3.05) is 0 Å². The molecule has 0 heterocycles. The molecular weight excluding hydrogens is 135 g/mol. The van der Waals surface area contributed by atoms with Crippen LogP contribution in [0.15, 0.2) is 0 Å². The zero-order valence-electron chi connectivity index (χ0n) is 5.46. The number of hydrogen-bond donors (Lipinski definition) is 1. The van der Waals surface area contributed by atoms with Crippen molar-refractivity contribution in [3.8, 4) is 0 Å². The van der Waals surface area contributed by atoms with E-state index < -0.39 is 12.1 Å². The molecule has 0 spiro atoms. The molecule has 0 aliphatic heterocycles. The maximum atomic E-state index is 12.7. The molecule has 2 fully saturated rings. The van der Waals surface area contributed by atoms with Crippen molar-refractivity contribution in [2.45, 2.75) is 19.0 Å². The van der Waals surface area contributed by atoms with Crippen molar-refractivity contribution in [2.24, 2.45) is 17.8 Å². The van der Waals surface area contributed by atoms with Crippen molar-refractivity contribution in [1.29, 1.82) is 0 Å². The fourth-order valence-corrected chi connectivity index (χ4v) is 2.16. The summed E-state index contributed by atoms with van der Waals surface area (Å²) >= 11 is 0. The van der Waals surface area contributed by atoms with Gasteiger partial charge in [-0.15, -0.1) is 0 Å². The van der Waals surface area contributed by atoms with Gasteiger partial charge in [-0.25, -0.2) is 4.39 Å². The average molecular weight is 144 g/mol. The van der Waals surface area contributed by atoms with Crippen LogP contribution in [0.5, 0.6) is 0 Å². The van der Waals surface area contributed by atoms with Crippen molar-refractivity contribution in [3.05, 3.63) is 0 Å². The van der Waals surface area contributed by atoms with Gasteiger partial charge in [0.05, 0.1) is 5.92 Å². The number of fused-ring (bicyclic) bond motifs is 1. The first-order chi connectivity index (χ1) is 4.72. The number of halogens is 1. The summed E-state index contributed by atoms with van der Waals surface area (Å²) in [5, 5.41) is 8.51. The number of hydrogen-bond acceptors (Lipinski definition) is 1. The molecule has 3 heteroatoms. The van der Waals surface area contributed by atoms with E-state index in [0.29, 0.717) is 6.42 Å². The van der Waals surface area contributed by atoms with E-state index in [1.807, 2.05) is 0 Å². The predicted octanol–water partition coefficient (Wildman–Crippen LogP) is 1.07. The van der Waals surface area contributed by atoms with Crippen molar-refractivity contribution < 1.29 is 14.3 Å². The van der Waals surface area contributed by atoms with Crippen molar-refractivity contribution >= 4 is 5.97 Å². The third-order valence-electron chi connectivity index (χ3n) is 2.71. The molecule has 4 unspecified atom stereocenters. The number of rotatable bonds is 1. The highest BCUT2D eigenvalue weighted by Gasteiger charge is 2.62. The summed E-state index contributed by atoms with van der Waals surface area (Å²) in [5.41, 5.74) is 0. The van der Waals surface area contributed by atoms with Gasteiger partial charge in [-0.05, 0) is 18.8 Å². The molecule has 0 aromatic carbocycles. The molecule has 2 rings (SSSR count). The number of alkyl halides is 1. The van der Waals surface area contributed by atoms with E-state index >= 15 is 0 Å². The normalized spacial score (nSPS) is 50.5. The van der Waals surface area contributed by atoms with Crippen LogP contribution in [-0.2, 0) is 4.79 Å². The van der Waals surface area contributed by atoms with Crippen LogP contribution in [-0.4, -0.2) is 17.2 Å². The fourth-order valence-electron chi connectivity index (χ4n) is 2.16. The van der Waals surface area contributed by atoms with E-state index in [4.69, 9.17) is 5.11 Å². The molecule has 2 aliphatic carbocycles. The monoisotopic (exact) mass is 144 g/mol. The summed E-state index contributed by atoms with van der Waals surface area (Å²) in [7, 11) is 0. The fraction of sp³-hybridized carbons (Fsp3) is 0.857. The maximum absolute atomic E-state index is 12.7. The van der Waals surface area contributed by atoms with Gasteiger partial charge in [-0.3, -0.25) is 4.79 Å². The largest absolute Gasteiger partial charge is 0.481 e. The maximum Gasteiger partial charge on any atom is 0.307 e. The first-order valence-electron chi connectivity index (χ1n) is 3.58. The lowest BCUT2D eigenvalue weighted by Gasteiger charge is -2.00. The minimum Gasteiger partial charge on any atom is -0.481 e. The van der Waals surface area contributed by atoms with Crippen LogP contribution < -0.4 is 0 Å². The van der Waals surface area contributed by atoms with Gasteiger partial charge in [0.2, 0.25) is 0 Å². The van der Waals surface area contributed by atoms with Crippen molar-refractivity contribution in [3.63, 3.8) is 0 Å². The highest BCUT2D eigenvalue weighted by Crippen LogP contribution is 2.58. The molecule has 4 atom stereocenters. The molecule has 0 aromatic rings. The Labute approximate surface area is 58.0 Å². The Kier molecular flexibility index (Phi) is 1.05. The van der Waals surface area contributed by atoms with Crippen molar-refractivity contribution in [1.82, 2.24) is 0 Å². The van der Waals surface area contributed by atoms with Gasteiger partial charge in [0, 0.05) is 5.92 Å². The third-order valence-corrected chi connectivity index (χ3v) is 2.71. The summed E-state index contributed by atoms with van der Waals surface area (Å²) < 4.78 is 12.7. The minimum atomic E-state index is -0.828. The summed E-state index contributed by atoms with van der Waals surface area (Å²) in [4.78, 5) is 10.4. The van der Waals surface area contributed by atoms with E-state index in [1.165, 1.54) is 0 Å². The molecule has 0 saturated heterocycles. The van der Waals surface area contributed by atoms with E-state index in [2.05, 4.69) is 0 Å². The molecule has 2 aliphatic rings. The Morgan fingerprint density at radius 2 is 2.20 bits per heavy atom. The Morgan fingerprint density at radius 1 is 1.50 bits per heavy atom. The standard InChI is InChI=1S/C7H9FO2/c8-4-2-1-3-5(4)6(3)7(9)10/h3-6H,1-2H2,(H,9,10). The van der Waals surface area contributed by atoms with Crippen LogP contribution in [0, 0.1) is 17.8 Å². The molecule has 0 bridgehead atoms. The topological polar surface area (TPSA) is 37.3 Å². The van der Waals surface area contributed by atoms with E-state index in [9.17, 15) is 9.18 Å². The van der Waals surface area contributed by atoms with Gasteiger partial charge < -0.3 is 5.11 Å². The van der Waals surface area contributed by atoms with E-state index in [-0.39, 0.29) is 17.8 Å². The lowest BCUT2D eigenvalue weighted by atomic mass is 10.1. The molecule has 1 N–H and O–H groups in total. The smallest absolute Gasteiger partial charge is 0.307 e. The van der Waals surface area contributed by atoms with Gasteiger partial charge in [0.1, 0.15) is 6.17 Å². The first kappa shape index (κ1) is 6.13. The number of carbonyl (C=O) groups is 1. The minimum absolute atomic E-state index is 0.127. The van der Waals surface area contributed by atoms with Crippen LogP contribution in [0.25, 0.3) is 0 Å². The van der Waals surface area contributed by atoms with E-state index in [0.717, 1.165) is 6.42 Å². The van der Waals surface area contributed by atoms with Crippen LogP contribution in [0.4, 0.5) is 4.39 Å². The molecule has 0 amide bonds. The first-order valence-corrected chi connectivity index (χ1v) is 3.58. The third kappa shape index (κ3) is 0.604. The molecule has 10 heavy (non-hydrogen) atoms. The lowest BCUT2D eigenvalue weighted by Crippen LogP contribution is -2.09. The zero-order chi connectivity index (χ0) is 7.30. The average Bonchev–Trinajstić information content (AvgIpc) is 2.48. The SMILES string of the molecule is O=C(O)C1C2CCC(F)C21. The summed E-state index contributed by atoms with van der Waals surface area (Å²) in [6, 6.07) is 0. The van der Waals surface area contributed by atoms with Gasteiger partial charge in [0.25, 0.3) is 0 Å². The van der Waals surface area contributed by atoms with Gasteiger partial charge in [-0.2, -0.15) is 0 Å². The van der Waals surface area contributed by atoms with E-state index in [1.54, 1.807) is 0 Å². The van der Waals surface area contributed by atoms with Gasteiger partial charge in [0.15, 0.2) is 0 Å². The van der Waals surface area contributed by atoms with Crippen LogP contribution in [0.1, 0.15) is 12.8 Å². The second-order valence-corrected chi connectivity index (χ2v) is 3.20. The molecule has 0 aromatic heterocycles. The molecular formula is C7H9FO2. The molecule has 0 radical (unpaired) electrons. The van der Waals surface area contributed by atoms with Crippen LogP contribution in [0.3, 0.4) is 0 Å². The Morgan fingerprint density at radius 3 is 2.50 bits per heavy atom. The van der Waals surface area contributed by atoms with Crippen LogP contribution in [0.2, 0.25) is 0 Å². The highest BCUT2D eigenvalue weighted by atomic mass is 19.1. The Bertz CT molecular complexity index is 180. The summed E-state index contributed by atoms with van der Waals surface area (Å²) in [6.45, 7) is 0. The zero-order valence-corrected chi connectivity index (χ0v) is 5.46. The molecule has 2 saturated carbocycles. The highest BCUT2D eigenvalue weighted by molar-refractivity contribution is 5.74. The second kappa shape index (κ2) is 1.71. The van der Waals surface area contributed by atoms with Gasteiger partial charge in [-0.1, -0.05) is 0 Å². The molecule has 2 nitrogen and oxygen atoms in total. The number of carboxylic acids is 1. The summed E-state index contributed by atoms with van der Waals surface area (Å²) in [6.07, 6.45) is 0.535. The number of aliphatic carboxylic acids is 1. The summed E-state index contributed by atoms with van der Waals surface area (Å²) in [5.74, 6) is -1.11. The molecule has 56 valence electrons.